The van der Waals surface area contributed by atoms with Crippen molar-refractivity contribution >= 4 is 22.6 Å². The number of allylic oxidation sites excluding steroid dienone is 6. The Balaban J connectivity index is 0.000000431. The highest BCUT2D eigenvalue weighted by molar-refractivity contribution is 5.88. The molecule has 0 spiro atoms. The largest absolute Gasteiger partial charge is 0.489 e. The molecule has 0 aromatic heterocycles. The Hall–Kier alpha value is -4.12. The summed E-state index contributed by atoms with van der Waals surface area (Å²) in [5, 5.41) is 13.3. The maximum atomic E-state index is 11.9. The van der Waals surface area contributed by atoms with E-state index in [4.69, 9.17) is 9.84 Å². The zero-order valence-corrected chi connectivity index (χ0v) is 21.2. The number of amides is 1. The number of carboxylic acids is 1. The zero-order chi connectivity index (χ0) is 26.2. The van der Waals surface area contributed by atoms with Gasteiger partial charge < -0.3 is 15.2 Å². The lowest BCUT2D eigenvalue weighted by Crippen LogP contribution is -2.39. The quantitative estimate of drug-likeness (QED) is 0.394. The molecule has 5 nitrogen and oxygen atoms in total. The van der Waals surface area contributed by atoms with Gasteiger partial charge in [0.2, 0.25) is 5.91 Å². The molecule has 5 heteroatoms. The van der Waals surface area contributed by atoms with Crippen LogP contribution in [0.3, 0.4) is 0 Å². The first-order chi connectivity index (χ1) is 17.5. The van der Waals surface area contributed by atoms with Gasteiger partial charge in [-0.05, 0) is 47.4 Å². The molecule has 1 aliphatic rings. The van der Waals surface area contributed by atoms with E-state index in [9.17, 15) is 9.59 Å². The summed E-state index contributed by atoms with van der Waals surface area (Å²) in [5.41, 5.74) is 1.94. The topological polar surface area (TPSA) is 75.6 Å². The first-order valence-corrected chi connectivity index (χ1v) is 12.2. The lowest BCUT2D eigenvalue weighted by Gasteiger charge is -2.10. The van der Waals surface area contributed by atoms with Gasteiger partial charge in [-0.15, -0.1) is 0 Å². The van der Waals surface area contributed by atoms with E-state index in [1.54, 1.807) is 0 Å². The molecule has 0 bridgehead atoms. The minimum atomic E-state index is -1.05. The number of fused-ring (bicyclic) bond motifs is 1. The van der Waals surface area contributed by atoms with E-state index in [0.29, 0.717) is 6.61 Å². The van der Waals surface area contributed by atoms with E-state index in [1.165, 1.54) is 6.92 Å². The molecule has 1 amide bonds. The third-order valence-corrected chi connectivity index (χ3v) is 5.11. The summed E-state index contributed by atoms with van der Waals surface area (Å²) in [6.07, 6.45) is 13.6. The van der Waals surface area contributed by atoms with Crippen LogP contribution in [0.4, 0.5) is 0 Å². The molecule has 0 saturated carbocycles. The molecule has 3 aromatic carbocycles. The van der Waals surface area contributed by atoms with Crippen LogP contribution in [0.25, 0.3) is 10.8 Å². The van der Waals surface area contributed by atoms with Crippen molar-refractivity contribution in [3.05, 3.63) is 114 Å². The molecule has 188 valence electrons. The highest BCUT2D eigenvalue weighted by Crippen LogP contribution is 2.23. The number of nitrogens with one attached hydrogen (secondary N) is 1. The van der Waals surface area contributed by atoms with Crippen LogP contribution in [0, 0.1) is 0 Å². The summed E-state index contributed by atoms with van der Waals surface area (Å²) in [4.78, 5) is 22.8. The van der Waals surface area contributed by atoms with Crippen molar-refractivity contribution in [3.63, 3.8) is 0 Å². The van der Waals surface area contributed by atoms with Crippen LogP contribution in [-0.2, 0) is 22.6 Å². The van der Waals surface area contributed by atoms with Crippen LogP contribution in [-0.4, -0.2) is 23.0 Å². The van der Waals surface area contributed by atoms with Gasteiger partial charge in [0.05, 0.1) is 6.42 Å². The van der Waals surface area contributed by atoms with Crippen LogP contribution >= 0.6 is 0 Å². The van der Waals surface area contributed by atoms with Crippen molar-refractivity contribution in [3.8, 4) is 5.75 Å². The normalized spacial score (nSPS) is 12.3. The van der Waals surface area contributed by atoms with Crippen molar-refractivity contribution < 1.29 is 19.4 Å². The molecule has 0 radical (unpaired) electrons. The highest BCUT2D eigenvalue weighted by atomic mass is 16.5. The smallest absolute Gasteiger partial charge is 0.325 e. The Labute approximate surface area is 213 Å². The molecule has 1 atom stereocenters. The molecule has 4 rings (SSSR count). The van der Waals surface area contributed by atoms with Gasteiger partial charge in [0.25, 0.3) is 0 Å². The summed E-state index contributed by atoms with van der Waals surface area (Å²) in [6.45, 7) is 5.95. The molecule has 1 aliphatic carbocycles. The molecular formula is C31H35NO4. The standard InChI is InChI=1S/C22H21NO4.C7H8.C2H6/c1-15(22(25)26)23-21(24)12-17-7-8-19-13-20(10-9-18(19)11-17)27-14-16-5-3-2-4-6-16;1-2-4-6-7-5-3-1;1-2/h2-11,13,15H,12,14H2,1H3,(H,23,24)(H,25,26);1-6H,7H2;1-2H3. The van der Waals surface area contributed by atoms with E-state index >= 15 is 0 Å². The van der Waals surface area contributed by atoms with Crippen LogP contribution in [0.2, 0.25) is 0 Å². The van der Waals surface area contributed by atoms with Crippen molar-refractivity contribution in [2.75, 3.05) is 0 Å². The first kappa shape index (κ1) is 28.1. The van der Waals surface area contributed by atoms with Gasteiger partial charge in [-0.2, -0.15) is 0 Å². The number of aliphatic carboxylic acids is 1. The van der Waals surface area contributed by atoms with E-state index in [1.807, 2.05) is 92.7 Å². The Morgan fingerprint density at radius 3 is 2.17 bits per heavy atom. The maximum Gasteiger partial charge on any atom is 0.325 e. The number of carbonyl (C=O) groups is 2. The second kappa shape index (κ2) is 15.7. The molecule has 0 heterocycles. The summed E-state index contributed by atoms with van der Waals surface area (Å²) >= 11 is 0. The summed E-state index contributed by atoms with van der Waals surface area (Å²) < 4.78 is 5.84. The average Bonchev–Trinajstić information content (AvgIpc) is 3.23. The fourth-order valence-electron chi connectivity index (χ4n) is 3.27. The third kappa shape index (κ3) is 10.0. The zero-order valence-electron chi connectivity index (χ0n) is 21.2. The van der Waals surface area contributed by atoms with Gasteiger partial charge in [-0.25, -0.2) is 0 Å². The van der Waals surface area contributed by atoms with Gasteiger partial charge in [-0.3, -0.25) is 9.59 Å². The van der Waals surface area contributed by atoms with E-state index in [2.05, 4.69) is 29.6 Å². The molecule has 2 N–H and O–H groups in total. The van der Waals surface area contributed by atoms with Crippen molar-refractivity contribution in [1.82, 2.24) is 5.32 Å². The van der Waals surface area contributed by atoms with Gasteiger partial charge in [0, 0.05) is 0 Å². The predicted octanol–water partition coefficient (Wildman–Crippen LogP) is 6.64. The first-order valence-electron chi connectivity index (χ1n) is 12.2. The van der Waals surface area contributed by atoms with Crippen molar-refractivity contribution in [2.24, 2.45) is 0 Å². The summed E-state index contributed by atoms with van der Waals surface area (Å²) in [6, 6.07) is 20.6. The summed E-state index contributed by atoms with van der Waals surface area (Å²) in [7, 11) is 0. The number of hydrogen-bond acceptors (Lipinski definition) is 3. The molecule has 0 fully saturated rings. The molecule has 1 unspecified atom stereocenters. The van der Waals surface area contributed by atoms with E-state index < -0.39 is 12.0 Å². The maximum absolute atomic E-state index is 11.9. The SMILES string of the molecule is C1=CC=CCC=C1.CC.CC(NC(=O)Cc1ccc2cc(OCc3ccccc3)ccc2c1)C(=O)O. The van der Waals surface area contributed by atoms with Gasteiger partial charge in [0.15, 0.2) is 0 Å². The lowest BCUT2D eigenvalue weighted by atomic mass is 10.0. The average molecular weight is 486 g/mol. The van der Waals surface area contributed by atoms with Crippen LogP contribution in [0.1, 0.15) is 38.3 Å². The number of benzene rings is 3. The number of carboxylic acid groups (broad SMARTS) is 1. The molecule has 36 heavy (non-hydrogen) atoms. The molecular weight excluding hydrogens is 450 g/mol. The number of rotatable bonds is 7. The highest BCUT2D eigenvalue weighted by Gasteiger charge is 2.14. The second-order valence-corrected chi connectivity index (χ2v) is 7.90. The lowest BCUT2D eigenvalue weighted by molar-refractivity contribution is -0.141. The fraction of sp³-hybridized carbons (Fsp3) is 0.226. The Morgan fingerprint density at radius 1 is 0.861 bits per heavy atom. The van der Waals surface area contributed by atoms with Crippen molar-refractivity contribution in [2.45, 2.75) is 46.3 Å². The monoisotopic (exact) mass is 485 g/mol. The fourth-order valence-corrected chi connectivity index (χ4v) is 3.27. The Kier molecular flexibility index (Phi) is 12.3. The van der Waals surface area contributed by atoms with E-state index in [-0.39, 0.29) is 12.3 Å². The Morgan fingerprint density at radius 2 is 1.50 bits per heavy atom. The van der Waals surface area contributed by atoms with Gasteiger partial charge in [0.1, 0.15) is 18.4 Å². The van der Waals surface area contributed by atoms with Gasteiger partial charge in [-0.1, -0.05) is 105 Å². The number of carbonyl (C=O) groups excluding carboxylic acids is 1. The second-order valence-electron chi connectivity index (χ2n) is 7.90. The summed E-state index contributed by atoms with van der Waals surface area (Å²) in [5.74, 6) is -0.580. The van der Waals surface area contributed by atoms with E-state index in [0.717, 1.165) is 34.1 Å². The molecule has 0 saturated heterocycles. The number of ether oxygens (including phenoxy) is 1. The molecule has 3 aromatic rings. The molecule has 0 aliphatic heterocycles. The van der Waals surface area contributed by atoms with Crippen LogP contribution in [0.5, 0.6) is 5.75 Å². The van der Waals surface area contributed by atoms with Crippen LogP contribution in [0.15, 0.2) is 103 Å². The van der Waals surface area contributed by atoms with Gasteiger partial charge >= 0.3 is 5.97 Å². The minimum Gasteiger partial charge on any atom is -0.489 e. The predicted molar refractivity (Wildman–Crippen MR) is 147 cm³/mol. The minimum absolute atomic E-state index is 0.139. The van der Waals surface area contributed by atoms with Crippen LogP contribution < -0.4 is 10.1 Å². The Bertz CT molecular complexity index is 1180. The van der Waals surface area contributed by atoms with Crippen molar-refractivity contribution in [1.29, 1.82) is 0 Å². The number of hydrogen-bond donors (Lipinski definition) is 2. The third-order valence-electron chi connectivity index (χ3n) is 5.11.